The van der Waals surface area contributed by atoms with Gasteiger partial charge in [0, 0.05) is 0 Å². The minimum absolute atomic E-state index is 0.270. The topological polar surface area (TPSA) is 20.2 Å². The van der Waals surface area contributed by atoms with Crippen LogP contribution in [0.25, 0.3) is 0 Å². The molecular weight excluding hydrogens is 270 g/mol. The number of aryl methyl sites for hydroxylation is 1. The van der Waals surface area contributed by atoms with Gasteiger partial charge in [0.05, 0.1) is 11.5 Å². The van der Waals surface area contributed by atoms with Gasteiger partial charge in [-0.15, -0.1) is 0 Å². The summed E-state index contributed by atoms with van der Waals surface area (Å²) in [7, 11) is 0. The third kappa shape index (κ3) is 4.50. The fourth-order valence-electron chi connectivity index (χ4n) is 2.99. The molecule has 0 amide bonds. The van der Waals surface area contributed by atoms with E-state index in [9.17, 15) is 13.9 Å². The summed E-state index contributed by atoms with van der Waals surface area (Å²) in [6.07, 6.45) is 2.05. The zero-order valence-electron chi connectivity index (χ0n) is 13.4. The summed E-state index contributed by atoms with van der Waals surface area (Å²) in [5.41, 5.74) is 0.391. The first kappa shape index (κ1) is 18.1. The second-order valence-corrected chi connectivity index (χ2v) is 5.82. The number of benzene rings is 1. The van der Waals surface area contributed by atoms with E-state index in [0.29, 0.717) is 18.4 Å². The SMILES string of the molecule is CCCCc1ccc(C(O)(CCC)C(CC)C(F)F)cc1. The van der Waals surface area contributed by atoms with Crippen molar-refractivity contribution in [2.75, 3.05) is 0 Å². The Balaban J connectivity index is 3.03. The van der Waals surface area contributed by atoms with Crippen molar-refractivity contribution in [1.29, 1.82) is 0 Å². The second kappa shape index (κ2) is 8.47. The van der Waals surface area contributed by atoms with Crippen molar-refractivity contribution in [2.45, 2.75) is 71.3 Å². The molecule has 1 aromatic carbocycles. The van der Waals surface area contributed by atoms with Crippen LogP contribution in [-0.4, -0.2) is 11.5 Å². The Morgan fingerprint density at radius 3 is 2.10 bits per heavy atom. The van der Waals surface area contributed by atoms with Crippen molar-refractivity contribution >= 4 is 0 Å². The lowest BCUT2D eigenvalue weighted by molar-refractivity contribution is -0.0975. The fourth-order valence-corrected chi connectivity index (χ4v) is 2.99. The van der Waals surface area contributed by atoms with E-state index in [1.54, 1.807) is 6.92 Å². The molecule has 0 aromatic heterocycles. The van der Waals surface area contributed by atoms with Crippen LogP contribution in [0.3, 0.4) is 0 Å². The first-order valence-corrected chi connectivity index (χ1v) is 8.09. The molecule has 2 atom stereocenters. The first-order valence-electron chi connectivity index (χ1n) is 8.09. The molecule has 1 N–H and O–H groups in total. The summed E-state index contributed by atoms with van der Waals surface area (Å²) in [5.74, 6) is -1.01. The summed E-state index contributed by atoms with van der Waals surface area (Å²) in [6.45, 7) is 5.77. The van der Waals surface area contributed by atoms with Crippen molar-refractivity contribution in [3.8, 4) is 0 Å². The Morgan fingerprint density at radius 1 is 1.05 bits per heavy atom. The van der Waals surface area contributed by atoms with E-state index in [-0.39, 0.29) is 6.42 Å². The van der Waals surface area contributed by atoms with Crippen LogP contribution in [0.4, 0.5) is 8.78 Å². The lowest BCUT2D eigenvalue weighted by Crippen LogP contribution is -2.39. The number of halogens is 2. The lowest BCUT2D eigenvalue weighted by Gasteiger charge is -2.36. The van der Waals surface area contributed by atoms with E-state index in [4.69, 9.17) is 0 Å². The average Bonchev–Trinajstić information content (AvgIpc) is 2.46. The van der Waals surface area contributed by atoms with Crippen LogP contribution in [-0.2, 0) is 12.0 Å². The van der Waals surface area contributed by atoms with Crippen LogP contribution >= 0.6 is 0 Å². The largest absolute Gasteiger partial charge is 0.385 e. The van der Waals surface area contributed by atoms with Crippen molar-refractivity contribution in [3.05, 3.63) is 35.4 Å². The van der Waals surface area contributed by atoms with Crippen LogP contribution < -0.4 is 0 Å². The molecule has 0 bridgehead atoms. The summed E-state index contributed by atoms with van der Waals surface area (Å²) in [5, 5.41) is 10.9. The zero-order valence-corrected chi connectivity index (χ0v) is 13.4. The normalized spacial score (nSPS) is 16.0. The highest BCUT2D eigenvalue weighted by atomic mass is 19.3. The van der Waals surface area contributed by atoms with E-state index in [0.717, 1.165) is 19.3 Å². The number of unbranched alkanes of at least 4 members (excludes halogenated alkanes) is 1. The summed E-state index contributed by atoms with van der Waals surface area (Å²) in [6, 6.07) is 7.57. The van der Waals surface area contributed by atoms with Gasteiger partial charge in [-0.3, -0.25) is 0 Å². The number of alkyl halides is 2. The predicted molar refractivity (Wildman–Crippen MR) is 83.6 cm³/mol. The van der Waals surface area contributed by atoms with Gasteiger partial charge in [0.25, 0.3) is 0 Å². The Hall–Kier alpha value is -0.960. The maximum atomic E-state index is 13.3. The molecule has 0 aliphatic heterocycles. The number of aliphatic hydroxyl groups is 1. The number of hydrogen-bond donors (Lipinski definition) is 1. The van der Waals surface area contributed by atoms with Crippen molar-refractivity contribution in [3.63, 3.8) is 0 Å². The molecule has 21 heavy (non-hydrogen) atoms. The van der Waals surface area contributed by atoms with Crippen LogP contribution in [0, 0.1) is 5.92 Å². The summed E-state index contributed by atoms with van der Waals surface area (Å²) < 4.78 is 26.6. The molecule has 0 heterocycles. The average molecular weight is 298 g/mol. The smallest absolute Gasteiger partial charge is 0.244 e. The van der Waals surface area contributed by atoms with Crippen LogP contribution in [0.5, 0.6) is 0 Å². The predicted octanol–water partition coefficient (Wildman–Crippen LogP) is 5.31. The van der Waals surface area contributed by atoms with Crippen molar-refractivity contribution < 1.29 is 13.9 Å². The molecule has 0 saturated carbocycles. The molecule has 0 spiro atoms. The van der Waals surface area contributed by atoms with Gasteiger partial charge in [-0.1, -0.05) is 57.9 Å². The molecule has 120 valence electrons. The van der Waals surface area contributed by atoms with Crippen molar-refractivity contribution in [1.82, 2.24) is 0 Å². The quantitative estimate of drug-likeness (QED) is 0.655. The van der Waals surface area contributed by atoms with Gasteiger partial charge in [0.2, 0.25) is 6.43 Å². The van der Waals surface area contributed by atoms with Gasteiger partial charge in [0.15, 0.2) is 0 Å². The van der Waals surface area contributed by atoms with Crippen LogP contribution in [0.1, 0.15) is 64.0 Å². The van der Waals surface area contributed by atoms with E-state index in [1.165, 1.54) is 5.56 Å². The maximum absolute atomic E-state index is 13.3. The summed E-state index contributed by atoms with van der Waals surface area (Å²) in [4.78, 5) is 0. The van der Waals surface area contributed by atoms with E-state index in [1.807, 2.05) is 31.2 Å². The highest BCUT2D eigenvalue weighted by Crippen LogP contribution is 2.39. The molecule has 0 aliphatic carbocycles. The van der Waals surface area contributed by atoms with Gasteiger partial charge in [0.1, 0.15) is 0 Å². The third-order valence-corrected chi connectivity index (χ3v) is 4.26. The molecule has 0 saturated heterocycles. The molecule has 0 fully saturated rings. The fraction of sp³-hybridized carbons (Fsp3) is 0.667. The molecule has 1 nitrogen and oxygen atoms in total. The molecular formula is C18H28F2O. The molecule has 2 unspecified atom stereocenters. The maximum Gasteiger partial charge on any atom is 0.244 e. The second-order valence-electron chi connectivity index (χ2n) is 5.82. The molecule has 0 aliphatic rings. The van der Waals surface area contributed by atoms with E-state index >= 15 is 0 Å². The zero-order chi connectivity index (χ0) is 15.9. The minimum Gasteiger partial charge on any atom is -0.385 e. The molecule has 1 aromatic rings. The highest BCUT2D eigenvalue weighted by molar-refractivity contribution is 5.28. The van der Waals surface area contributed by atoms with E-state index in [2.05, 4.69) is 6.92 Å². The van der Waals surface area contributed by atoms with Gasteiger partial charge in [-0.05, 0) is 36.8 Å². The molecule has 3 heteroatoms. The summed E-state index contributed by atoms with van der Waals surface area (Å²) >= 11 is 0. The van der Waals surface area contributed by atoms with Gasteiger partial charge >= 0.3 is 0 Å². The highest BCUT2D eigenvalue weighted by Gasteiger charge is 2.41. The van der Waals surface area contributed by atoms with Gasteiger partial charge < -0.3 is 5.11 Å². The monoisotopic (exact) mass is 298 g/mol. The number of rotatable bonds is 9. The third-order valence-electron chi connectivity index (χ3n) is 4.26. The Morgan fingerprint density at radius 2 is 1.67 bits per heavy atom. The van der Waals surface area contributed by atoms with Gasteiger partial charge in [-0.25, -0.2) is 8.78 Å². The molecule has 1 rings (SSSR count). The van der Waals surface area contributed by atoms with Gasteiger partial charge in [-0.2, -0.15) is 0 Å². The Kier molecular flexibility index (Phi) is 7.30. The lowest BCUT2D eigenvalue weighted by atomic mass is 9.76. The van der Waals surface area contributed by atoms with Crippen LogP contribution in [0.2, 0.25) is 0 Å². The van der Waals surface area contributed by atoms with Crippen LogP contribution in [0.15, 0.2) is 24.3 Å². The van der Waals surface area contributed by atoms with E-state index < -0.39 is 17.9 Å². The van der Waals surface area contributed by atoms with Crippen molar-refractivity contribution in [2.24, 2.45) is 5.92 Å². The number of hydrogen-bond acceptors (Lipinski definition) is 1. The molecule has 0 radical (unpaired) electrons. The standard InChI is InChI=1S/C18H28F2O/c1-4-7-8-14-9-11-15(12-10-14)18(21,13-5-2)16(6-3)17(19)20/h9-12,16-17,21H,4-8,13H2,1-3H3. The Labute approximate surface area is 127 Å². The first-order chi connectivity index (χ1) is 9.99. The Bertz CT molecular complexity index is 402. The minimum atomic E-state index is -2.51.